The summed E-state index contributed by atoms with van der Waals surface area (Å²) in [7, 11) is 3.80. The topological polar surface area (TPSA) is 551 Å². The van der Waals surface area contributed by atoms with Gasteiger partial charge in [-0.2, -0.15) is 44.9 Å². The number of nitrogens with one attached hydrogen (secondary N) is 12. The summed E-state index contributed by atoms with van der Waals surface area (Å²) in [6.45, 7) is 44.4. The van der Waals surface area contributed by atoms with Crippen LogP contribution in [0.15, 0.2) is 54.6 Å². The first-order chi connectivity index (χ1) is 69.4. The molecule has 7 fully saturated rings. The number of ether oxygens (including phenoxy) is 8. The van der Waals surface area contributed by atoms with E-state index in [-0.39, 0.29) is 92.2 Å². The Balaban J connectivity index is 0.000000231. The number of amides is 7. The molecule has 45 nitrogen and oxygen atoms in total. The number of halogens is 6. The Kier molecular flexibility index (Phi) is 42.4. The molecule has 7 aliphatic heterocycles. The third kappa shape index (κ3) is 42.1. The van der Waals surface area contributed by atoms with Gasteiger partial charge in [-0.15, -0.1) is 0 Å². The molecule has 0 radical (unpaired) electrons. The molecular formula is C98H152Cl6N30O15. The molecular weight excluding hydrogens is 2050 g/mol. The number of rotatable bonds is 21. The van der Waals surface area contributed by atoms with Gasteiger partial charge in [0, 0.05) is 139 Å². The van der Waals surface area contributed by atoms with Gasteiger partial charge in [-0.25, -0.2) is 33.6 Å². The van der Waals surface area contributed by atoms with Gasteiger partial charge >= 0.3 is 42.7 Å². The Bertz CT molecular complexity index is 5260. The summed E-state index contributed by atoms with van der Waals surface area (Å²) in [5.74, 6) is 2.85. The molecule has 3 aromatic carbocycles. The van der Waals surface area contributed by atoms with E-state index >= 15 is 0 Å². The van der Waals surface area contributed by atoms with Crippen molar-refractivity contribution in [3.8, 4) is 0 Å². The molecule has 18 N–H and O–H groups in total. The van der Waals surface area contributed by atoms with E-state index in [0.29, 0.717) is 137 Å². The van der Waals surface area contributed by atoms with Gasteiger partial charge in [0.2, 0.25) is 53.5 Å². The molecule has 51 heteroatoms. The maximum absolute atomic E-state index is 13.0. The third-order valence-corrected chi connectivity index (χ3v) is 24.8. The molecule has 10 heterocycles. The highest BCUT2D eigenvalue weighted by molar-refractivity contribution is 6.43. The van der Waals surface area contributed by atoms with Gasteiger partial charge in [0.15, 0.2) is 0 Å². The van der Waals surface area contributed by atoms with Crippen molar-refractivity contribution < 1.29 is 71.5 Å². The summed E-state index contributed by atoms with van der Waals surface area (Å²) in [5, 5.41) is 39.2. The molecule has 0 bridgehead atoms. The highest BCUT2D eigenvalue weighted by atomic mass is 35.5. The second-order valence-corrected chi connectivity index (χ2v) is 47.3. The summed E-state index contributed by atoms with van der Waals surface area (Å²) in [6, 6.07) is 12.2. The monoisotopic (exact) mass is 2200 g/mol. The van der Waals surface area contributed by atoms with Crippen LogP contribution in [-0.2, 0) is 37.9 Å². The van der Waals surface area contributed by atoms with Crippen LogP contribution in [0.4, 0.5) is 104 Å². The van der Waals surface area contributed by atoms with Crippen molar-refractivity contribution in [3.63, 3.8) is 0 Å². The minimum atomic E-state index is -0.748. The molecule has 0 unspecified atom stereocenters. The fourth-order valence-corrected chi connectivity index (χ4v) is 17.8. The minimum absolute atomic E-state index is 0.0183. The van der Waals surface area contributed by atoms with Gasteiger partial charge in [0.1, 0.15) is 39.2 Å². The summed E-state index contributed by atoms with van der Waals surface area (Å²) in [5.41, 5.74) is 15.5. The molecule has 6 aromatic rings. The first-order valence-corrected chi connectivity index (χ1v) is 52.3. The van der Waals surface area contributed by atoms with Crippen molar-refractivity contribution in [2.45, 2.75) is 308 Å². The number of carbonyl (C=O) groups excluding carboxylic acids is 7. The Hall–Kier alpha value is -10.7. The predicted octanol–water partition coefficient (Wildman–Crippen LogP) is 14.2. The van der Waals surface area contributed by atoms with Crippen LogP contribution >= 0.6 is 69.6 Å². The van der Waals surface area contributed by atoms with Crippen LogP contribution in [0.3, 0.4) is 0 Å². The van der Waals surface area contributed by atoms with E-state index in [0.717, 1.165) is 38.3 Å². The second kappa shape index (κ2) is 52.5. The van der Waals surface area contributed by atoms with Crippen LogP contribution in [0.5, 0.6) is 0 Å². The quantitative estimate of drug-likeness (QED) is 0.0298. The smallest absolute Gasteiger partial charge is 0.407 e. The number of nitrogens with two attached hydrogens (primary N) is 3. The molecule has 0 spiro atoms. The molecule has 3 aromatic heterocycles. The molecule has 149 heavy (non-hydrogen) atoms. The van der Waals surface area contributed by atoms with Crippen molar-refractivity contribution in [2.24, 2.45) is 17.2 Å². The fraction of sp³-hybridized carbons (Fsp3) is 0.653. The minimum Gasteiger partial charge on any atom is -0.444 e. The molecule has 0 saturated carbocycles. The van der Waals surface area contributed by atoms with Crippen LogP contribution in [0.25, 0.3) is 0 Å². The molecule has 0 aliphatic carbocycles. The zero-order chi connectivity index (χ0) is 110. The van der Waals surface area contributed by atoms with E-state index in [1.807, 2.05) is 65.4 Å². The van der Waals surface area contributed by atoms with E-state index < -0.39 is 118 Å². The number of alkyl carbamates (subject to hydrolysis) is 7. The van der Waals surface area contributed by atoms with E-state index in [1.165, 1.54) is 12.8 Å². The molecule has 7 amide bonds. The van der Waals surface area contributed by atoms with E-state index in [2.05, 4.69) is 78.7 Å². The van der Waals surface area contributed by atoms with Crippen LogP contribution < -0.4 is 110 Å². The lowest BCUT2D eigenvalue weighted by Gasteiger charge is -2.40. The summed E-state index contributed by atoms with van der Waals surface area (Å²) >= 11 is 37.3. The largest absolute Gasteiger partial charge is 0.444 e. The van der Waals surface area contributed by atoms with Crippen molar-refractivity contribution >= 4 is 183 Å². The molecule has 7 saturated heterocycles. The Morgan fingerprint density at radius 1 is 0.275 bits per heavy atom. The van der Waals surface area contributed by atoms with Crippen molar-refractivity contribution in [1.82, 2.24) is 92.7 Å². The van der Waals surface area contributed by atoms with Crippen LogP contribution in [-0.4, -0.2) is 305 Å². The summed E-state index contributed by atoms with van der Waals surface area (Å²) in [6.07, 6.45) is 1.78. The van der Waals surface area contributed by atoms with E-state index in [4.69, 9.17) is 160 Å². The number of nitrogens with zero attached hydrogens (tertiary/aromatic N) is 15. The van der Waals surface area contributed by atoms with E-state index in [1.54, 1.807) is 173 Å². The maximum Gasteiger partial charge on any atom is 0.407 e. The summed E-state index contributed by atoms with van der Waals surface area (Å²) in [4.78, 5) is 145. The van der Waals surface area contributed by atoms with Gasteiger partial charge < -0.3 is 148 Å². The Labute approximate surface area is 903 Å². The number of hydrogen-bond donors (Lipinski definition) is 15. The molecule has 13 rings (SSSR count). The number of hydrogen-bond acceptors (Lipinski definition) is 38. The van der Waals surface area contributed by atoms with Crippen LogP contribution in [0.1, 0.15) is 197 Å². The number of carbonyl (C=O) groups is 7. The van der Waals surface area contributed by atoms with Gasteiger partial charge in [0.05, 0.1) is 72.4 Å². The molecule has 7 aliphatic rings. The first kappa shape index (κ1) is 120. The van der Waals surface area contributed by atoms with Crippen LogP contribution in [0.2, 0.25) is 30.1 Å². The zero-order valence-electron chi connectivity index (χ0n) is 89.5. The van der Waals surface area contributed by atoms with Gasteiger partial charge in [0.25, 0.3) is 0 Å². The highest BCUT2D eigenvalue weighted by Crippen LogP contribution is 2.36. The second-order valence-electron chi connectivity index (χ2n) is 44.9. The summed E-state index contributed by atoms with van der Waals surface area (Å²) < 4.78 is 43.8. The lowest BCUT2D eigenvalue weighted by molar-refractivity contribution is 0.0452. The average molecular weight is 2200 g/mol. The Morgan fingerprint density at radius 3 is 0.658 bits per heavy atom. The average Bonchev–Trinajstić information content (AvgIpc) is 0.858. The number of aromatic nitrogens is 9. The van der Waals surface area contributed by atoms with Gasteiger partial charge in [-0.1, -0.05) is 69.6 Å². The van der Waals surface area contributed by atoms with Gasteiger partial charge in [-0.05, 0) is 265 Å². The maximum atomic E-state index is 13.0. The first-order valence-electron chi connectivity index (χ1n) is 50.0. The van der Waals surface area contributed by atoms with Crippen LogP contribution in [0, 0.1) is 0 Å². The zero-order valence-corrected chi connectivity index (χ0v) is 94.0. The highest BCUT2D eigenvalue weighted by Gasteiger charge is 2.41. The lowest BCUT2D eigenvalue weighted by Crippen LogP contribution is -2.59. The molecule has 826 valence electrons. The number of anilines is 12. The standard InChI is InChI=1S/C39H60Cl2N10O8.C35H54Cl2N10O6.C20H30Cl2N10.C4H8O/c1-36(2,3)56-32(52)43-23-15-24(44-33(53)57-37(4,5)6)19-50(18-23)30-47-29(42-22-13-14-27(40)28(41)17-22)48-31(49-30)51-20-25(45-34(54)58-38(7,8)9)16-26(21-51)46-35(55)59-39(10,11)12;1-33(2,3)51-30(48)40-22-13-21(38-10)16-46(17-22)28-43-27(39-20-11-12-25(36)26(37)15-20)44-29(45-28)47-18-23(41-31(49)52-34(4,5)6)14-24(19-47)42-32(50)53-35(7,8)9;1-26-15-5-13(25)9-32(10-15)20-29-18(27-14-2-3-16(21)17(22)6-14)28-19(30-20)31-7-11(23)4-12(24)8-31;1-2-4-5-3-1/h13-14,17,23-26H,15-16,18-21H2,1-12H3,(H,43,52)(H,44,53)(H,45,54)(H,46,55)(H,42,47,48,49);11-12,15,21-24,38H,13-14,16-19H2,1-10H3,(H,40,48)(H,41,49)(H,42,50)(H,39,43,44,45);2-3,6,11-13,15,26H,4-5,7-10,23-25H2,1H3,(H,27,28,29,30);1-4H2/t23-,24+,25-,26+;21-,22+,23-,24+;11-,12+,13-,15+;/m.01./s1. The molecule has 12 atom stereocenters. The van der Waals surface area contributed by atoms with Crippen molar-refractivity contribution in [3.05, 3.63) is 84.7 Å². The number of benzene rings is 3. The SMILES string of the molecule is C1CCOC1.CC(C)(C)OC(=O)N[C@@H]1C[C@H](NC(=O)OC(C)(C)C)CN(c2nc(Nc3ccc(Cl)c(Cl)c3)nc(N3C[C@H](NC(=O)OC(C)(C)C)C[C@H](NC(=O)OC(C)(C)C)C3)n2)C1.CN[C@H]1C[C@@H](N)CN(c2nc(Nc3ccc(Cl)c(Cl)c3)nc(N3C[C@H](N)C[C@H](N)C3)n2)C1.CN[C@H]1C[C@@H](NC(=O)OC(C)(C)C)CN(c2nc(Nc3ccc(Cl)c(Cl)c3)nc(N3C[C@H](NC(=O)OC(C)(C)C)C[C@H](NC(=O)OC(C)(C)C)C3)n2)C1. The lowest BCUT2D eigenvalue weighted by atomic mass is 10.0. The van der Waals surface area contributed by atoms with Gasteiger partial charge in [-0.3, -0.25) is 0 Å². The normalized spacial score (nSPS) is 21.9. The third-order valence-electron chi connectivity index (χ3n) is 22.6. The van der Waals surface area contributed by atoms with Crippen molar-refractivity contribution in [2.75, 3.05) is 151 Å². The fourth-order valence-electron chi connectivity index (χ4n) is 16.9. The van der Waals surface area contributed by atoms with E-state index in [9.17, 15) is 33.6 Å². The Morgan fingerprint density at radius 2 is 0.463 bits per heavy atom. The predicted molar refractivity (Wildman–Crippen MR) is 581 cm³/mol. The number of piperidine rings is 6. The number of likely N-dealkylation sites (N-methyl/N-ethyl adjacent to an activating group) is 2. The van der Waals surface area contributed by atoms with Crippen molar-refractivity contribution in [1.29, 1.82) is 0 Å².